The van der Waals surface area contributed by atoms with Gasteiger partial charge in [0, 0.05) is 30.3 Å². The first-order chi connectivity index (χ1) is 17.3. The molecule has 3 aromatic rings. The number of hydrogen-bond acceptors (Lipinski definition) is 7. The van der Waals surface area contributed by atoms with Crippen LogP contribution < -0.4 is 10.9 Å². The molecule has 2 heterocycles. The first-order valence-corrected chi connectivity index (χ1v) is 13.2. The number of benzene rings is 1. The Kier molecular flexibility index (Phi) is 7.35. The van der Waals surface area contributed by atoms with E-state index in [1.807, 2.05) is 12.1 Å². The molecule has 2 aromatic heterocycles. The normalized spacial score (nSPS) is 20.1. The zero-order chi connectivity index (χ0) is 25.4. The summed E-state index contributed by atoms with van der Waals surface area (Å²) in [5, 5.41) is 10.3. The van der Waals surface area contributed by atoms with E-state index >= 15 is 0 Å². The van der Waals surface area contributed by atoms with E-state index in [1.54, 1.807) is 18.3 Å². The molecule has 3 N–H and O–H groups in total. The Labute approximate surface area is 221 Å². The van der Waals surface area contributed by atoms with Crippen molar-refractivity contribution >= 4 is 45.7 Å². The SMILES string of the molecule is CN(C)CC1CCC(NNc2c(C(=O)C3CC3)cnc3ccc(-c4cc(Cl)c(O)c(Cl)c4)nc23)CC1. The van der Waals surface area contributed by atoms with Gasteiger partial charge < -0.3 is 15.4 Å². The lowest BCUT2D eigenvalue weighted by atomic mass is 9.86. The number of rotatable bonds is 8. The molecule has 9 heteroatoms. The molecular weight excluding hydrogens is 497 g/mol. The van der Waals surface area contributed by atoms with Crippen LogP contribution in [-0.2, 0) is 0 Å². The summed E-state index contributed by atoms with van der Waals surface area (Å²) in [7, 11) is 4.25. The van der Waals surface area contributed by atoms with Crippen molar-refractivity contribution in [2.24, 2.45) is 11.8 Å². The van der Waals surface area contributed by atoms with E-state index in [4.69, 9.17) is 28.2 Å². The molecular formula is C27H31Cl2N5O2. The first-order valence-electron chi connectivity index (χ1n) is 12.5. The number of nitrogens with zero attached hydrogens (tertiary/aromatic N) is 3. The average Bonchev–Trinajstić information content (AvgIpc) is 3.71. The molecule has 7 nitrogen and oxygen atoms in total. The van der Waals surface area contributed by atoms with Crippen LogP contribution in [0.4, 0.5) is 5.69 Å². The van der Waals surface area contributed by atoms with Crippen LogP contribution in [0.1, 0.15) is 48.9 Å². The minimum Gasteiger partial charge on any atom is -0.505 e. The Balaban J connectivity index is 1.46. The maximum atomic E-state index is 13.1. The highest BCUT2D eigenvalue weighted by atomic mass is 35.5. The summed E-state index contributed by atoms with van der Waals surface area (Å²) in [6.45, 7) is 1.12. The third-order valence-electron chi connectivity index (χ3n) is 7.11. The van der Waals surface area contributed by atoms with Crippen molar-refractivity contribution in [3.63, 3.8) is 0 Å². The molecule has 1 aromatic carbocycles. The highest BCUT2D eigenvalue weighted by Gasteiger charge is 2.33. The first kappa shape index (κ1) is 25.2. The van der Waals surface area contributed by atoms with E-state index < -0.39 is 0 Å². The van der Waals surface area contributed by atoms with Gasteiger partial charge in [0.25, 0.3) is 0 Å². The van der Waals surface area contributed by atoms with Crippen LogP contribution in [0.25, 0.3) is 22.3 Å². The van der Waals surface area contributed by atoms with Crippen LogP contribution >= 0.6 is 23.2 Å². The number of pyridine rings is 2. The van der Waals surface area contributed by atoms with Crippen LogP contribution in [0, 0.1) is 11.8 Å². The summed E-state index contributed by atoms with van der Waals surface area (Å²) >= 11 is 12.3. The second-order valence-electron chi connectivity index (χ2n) is 10.3. The zero-order valence-corrected chi connectivity index (χ0v) is 22.0. The number of phenolic OH excluding ortho intramolecular Hbond substituents is 1. The molecule has 0 bridgehead atoms. The fraction of sp³-hybridized carbons (Fsp3) is 0.444. The Bertz CT molecular complexity index is 1260. The number of anilines is 1. The molecule has 0 unspecified atom stereocenters. The van der Waals surface area contributed by atoms with Gasteiger partial charge in [0.15, 0.2) is 11.5 Å². The molecule has 2 aliphatic rings. The van der Waals surface area contributed by atoms with Gasteiger partial charge >= 0.3 is 0 Å². The fourth-order valence-electron chi connectivity index (χ4n) is 5.00. The molecule has 0 aliphatic heterocycles. The molecule has 190 valence electrons. The van der Waals surface area contributed by atoms with Gasteiger partial charge in [-0.05, 0) is 82.8 Å². The Hall–Kier alpha value is -2.45. The van der Waals surface area contributed by atoms with Crippen molar-refractivity contribution < 1.29 is 9.90 Å². The van der Waals surface area contributed by atoms with Crippen molar-refractivity contribution in [3.8, 4) is 17.0 Å². The Morgan fingerprint density at radius 3 is 2.42 bits per heavy atom. The number of carbonyl (C=O) groups is 1. The lowest BCUT2D eigenvalue weighted by Crippen LogP contribution is -2.39. The lowest BCUT2D eigenvalue weighted by molar-refractivity contribution is 0.0968. The third kappa shape index (κ3) is 5.44. The van der Waals surface area contributed by atoms with Crippen molar-refractivity contribution in [3.05, 3.63) is 46.1 Å². The molecule has 0 saturated heterocycles. The highest BCUT2D eigenvalue weighted by Crippen LogP contribution is 2.38. The topological polar surface area (TPSA) is 90.4 Å². The van der Waals surface area contributed by atoms with Crippen LogP contribution in [0.2, 0.25) is 10.0 Å². The minimum absolute atomic E-state index is 0.0594. The standard InChI is InChI=1S/C27H31Cl2N5O2/c1-34(2)14-15-3-7-18(8-4-15)32-33-24-19(26(35)16-5-6-16)13-30-23-10-9-22(31-25(23)24)17-11-20(28)27(36)21(29)12-17/h9-13,15-16,18,32,36H,3-8,14H2,1-2H3,(H,30,33). The Morgan fingerprint density at radius 1 is 1.08 bits per heavy atom. The van der Waals surface area contributed by atoms with E-state index in [-0.39, 0.29) is 27.5 Å². The maximum absolute atomic E-state index is 13.1. The van der Waals surface area contributed by atoms with Gasteiger partial charge in [-0.25, -0.2) is 10.4 Å². The number of nitrogens with one attached hydrogen (secondary N) is 2. The highest BCUT2D eigenvalue weighted by molar-refractivity contribution is 6.37. The monoisotopic (exact) mass is 527 g/mol. The third-order valence-corrected chi connectivity index (χ3v) is 7.69. The van der Waals surface area contributed by atoms with Crippen LogP contribution in [0.15, 0.2) is 30.5 Å². The van der Waals surface area contributed by atoms with Gasteiger partial charge in [-0.15, -0.1) is 0 Å². The second kappa shape index (κ2) is 10.5. The average molecular weight is 528 g/mol. The summed E-state index contributed by atoms with van der Waals surface area (Å²) in [6, 6.07) is 7.27. The number of aromatic hydroxyl groups is 1. The van der Waals surface area contributed by atoms with E-state index in [1.165, 1.54) is 12.8 Å². The van der Waals surface area contributed by atoms with Crippen LogP contribution in [0.3, 0.4) is 0 Å². The van der Waals surface area contributed by atoms with Gasteiger partial charge in [0.05, 0.1) is 32.5 Å². The molecule has 0 atom stereocenters. The van der Waals surface area contributed by atoms with Crippen LogP contribution in [0.5, 0.6) is 5.75 Å². The lowest BCUT2D eigenvalue weighted by Gasteiger charge is -2.31. The van der Waals surface area contributed by atoms with Gasteiger partial charge in [0.2, 0.25) is 0 Å². The van der Waals surface area contributed by atoms with Crippen molar-refractivity contribution in [2.75, 3.05) is 26.1 Å². The molecule has 0 radical (unpaired) electrons. The molecule has 2 fully saturated rings. The number of phenols is 1. The number of aromatic nitrogens is 2. The van der Waals surface area contributed by atoms with E-state index in [2.05, 4.69) is 34.8 Å². The van der Waals surface area contributed by atoms with Crippen molar-refractivity contribution in [2.45, 2.75) is 44.6 Å². The predicted octanol–water partition coefficient (Wildman–Crippen LogP) is 5.94. The van der Waals surface area contributed by atoms with E-state index in [0.717, 1.165) is 38.1 Å². The number of hydrogen-bond donors (Lipinski definition) is 3. The van der Waals surface area contributed by atoms with Gasteiger partial charge in [-0.2, -0.15) is 0 Å². The minimum atomic E-state index is -0.159. The molecule has 0 amide bonds. The number of halogens is 2. The smallest absolute Gasteiger partial charge is 0.169 e. The number of fused-ring (bicyclic) bond motifs is 1. The summed E-state index contributed by atoms with van der Waals surface area (Å²) in [5.74, 6) is 0.726. The second-order valence-corrected chi connectivity index (χ2v) is 11.1. The fourth-order valence-corrected chi connectivity index (χ4v) is 5.49. The Morgan fingerprint density at radius 2 is 1.78 bits per heavy atom. The van der Waals surface area contributed by atoms with Crippen molar-refractivity contribution in [1.82, 2.24) is 20.3 Å². The quantitative estimate of drug-likeness (QED) is 0.246. The van der Waals surface area contributed by atoms with Gasteiger partial charge in [-0.1, -0.05) is 23.2 Å². The largest absolute Gasteiger partial charge is 0.505 e. The molecule has 2 saturated carbocycles. The number of carbonyl (C=O) groups excluding carboxylic acids is 1. The summed E-state index contributed by atoms with van der Waals surface area (Å²) < 4.78 is 0. The molecule has 0 spiro atoms. The molecule has 2 aliphatic carbocycles. The van der Waals surface area contributed by atoms with Crippen molar-refractivity contribution in [1.29, 1.82) is 0 Å². The predicted molar refractivity (Wildman–Crippen MR) is 145 cm³/mol. The maximum Gasteiger partial charge on any atom is 0.169 e. The number of ketones is 1. The van der Waals surface area contributed by atoms with Gasteiger partial charge in [0.1, 0.15) is 5.52 Å². The van der Waals surface area contributed by atoms with Crippen LogP contribution in [-0.4, -0.2) is 52.4 Å². The summed E-state index contributed by atoms with van der Waals surface area (Å²) in [4.78, 5) is 24.8. The zero-order valence-electron chi connectivity index (χ0n) is 20.5. The summed E-state index contributed by atoms with van der Waals surface area (Å²) in [5.41, 5.74) is 10.7. The van der Waals surface area contributed by atoms with E-state index in [0.29, 0.717) is 39.6 Å². The number of hydrazine groups is 1. The van der Waals surface area contributed by atoms with Gasteiger partial charge in [-0.3, -0.25) is 9.78 Å². The number of Topliss-reactive ketones (excluding diaryl/α,β-unsaturated/α-hetero) is 1. The van der Waals surface area contributed by atoms with E-state index in [9.17, 15) is 9.90 Å². The molecule has 5 rings (SSSR count). The summed E-state index contributed by atoms with van der Waals surface area (Å²) in [6.07, 6.45) is 7.99. The molecule has 36 heavy (non-hydrogen) atoms.